The van der Waals surface area contributed by atoms with E-state index in [-0.39, 0.29) is 16.4 Å². The van der Waals surface area contributed by atoms with Crippen molar-refractivity contribution in [3.05, 3.63) is 54.1 Å². The fourth-order valence-electron chi connectivity index (χ4n) is 2.22. The number of carbonyl (C=O) groups excluding carboxylic acids is 3. The summed E-state index contributed by atoms with van der Waals surface area (Å²) >= 11 is 0. The summed E-state index contributed by atoms with van der Waals surface area (Å²) in [5.74, 6) is -1.58. The van der Waals surface area contributed by atoms with E-state index in [0.29, 0.717) is 11.4 Å². The fourth-order valence-corrected chi connectivity index (χ4v) is 2.89. The Morgan fingerprint density at radius 2 is 1.54 bits per heavy atom. The Morgan fingerprint density at radius 1 is 0.964 bits per heavy atom. The molecule has 0 bridgehead atoms. The summed E-state index contributed by atoms with van der Waals surface area (Å²) in [5.41, 5.74) is 1.07. The van der Waals surface area contributed by atoms with Crippen LogP contribution in [0.15, 0.2) is 53.4 Å². The van der Waals surface area contributed by atoms with E-state index < -0.39 is 27.8 Å². The Balaban J connectivity index is 2.00. The van der Waals surface area contributed by atoms with Gasteiger partial charge in [0.25, 0.3) is 5.91 Å². The maximum Gasteiger partial charge on any atom is 0.338 e. The SMILES string of the molecule is CC(=O)Nc1ccc(NC(=O)[C@@H](C)OC(=O)c2cccc(S(C)(=O)=O)c2)cc1. The molecule has 2 aromatic carbocycles. The summed E-state index contributed by atoms with van der Waals surface area (Å²) in [4.78, 5) is 35.4. The summed E-state index contributed by atoms with van der Waals surface area (Å²) in [6.45, 7) is 2.79. The van der Waals surface area contributed by atoms with Crippen molar-refractivity contribution in [3.63, 3.8) is 0 Å². The molecule has 2 rings (SSSR count). The molecule has 0 heterocycles. The largest absolute Gasteiger partial charge is 0.449 e. The lowest BCUT2D eigenvalue weighted by atomic mass is 10.2. The molecule has 0 aliphatic carbocycles. The zero-order chi connectivity index (χ0) is 20.9. The Bertz CT molecular complexity index is 999. The van der Waals surface area contributed by atoms with Gasteiger partial charge in [-0.05, 0) is 49.4 Å². The van der Waals surface area contributed by atoms with Crippen molar-refractivity contribution in [1.82, 2.24) is 0 Å². The third-order valence-electron chi connectivity index (χ3n) is 3.62. The van der Waals surface area contributed by atoms with E-state index in [1.165, 1.54) is 38.1 Å². The molecule has 0 fully saturated rings. The molecule has 1 atom stereocenters. The van der Waals surface area contributed by atoms with Crippen LogP contribution in [-0.4, -0.2) is 38.6 Å². The molecule has 0 unspecified atom stereocenters. The Morgan fingerprint density at radius 3 is 2.07 bits per heavy atom. The van der Waals surface area contributed by atoms with E-state index in [2.05, 4.69) is 10.6 Å². The molecule has 0 aromatic heterocycles. The molecule has 0 radical (unpaired) electrons. The Kier molecular flexibility index (Phi) is 6.53. The summed E-state index contributed by atoms with van der Waals surface area (Å²) in [7, 11) is -3.47. The van der Waals surface area contributed by atoms with Crippen molar-refractivity contribution >= 4 is 39.0 Å². The van der Waals surface area contributed by atoms with Crippen molar-refractivity contribution in [1.29, 1.82) is 0 Å². The summed E-state index contributed by atoms with van der Waals surface area (Å²) < 4.78 is 28.3. The van der Waals surface area contributed by atoms with E-state index in [4.69, 9.17) is 4.74 Å². The van der Waals surface area contributed by atoms with Crippen LogP contribution in [0.3, 0.4) is 0 Å². The minimum Gasteiger partial charge on any atom is -0.449 e. The van der Waals surface area contributed by atoms with Crippen molar-refractivity contribution in [2.75, 3.05) is 16.9 Å². The number of anilines is 2. The fraction of sp³-hybridized carbons (Fsp3) is 0.211. The molecule has 9 heteroatoms. The van der Waals surface area contributed by atoms with E-state index in [0.717, 1.165) is 6.26 Å². The van der Waals surface area contributed by atoms with Gasteiger partial charge in [-0.25, -0.2) is 13.2 Å². The molecule has 2 amide bonds. The van der Waals surface area contributed by atoms with Crippen molar-refractivity contribution in [3.8, 4) is 0 Å². The first-order chi connectivity index (χ1) is 13.1. The van der Waals surface area contributed by atoms with Crippen LogP contribution in [0.25, 0.3) is 0 Å². The minimum absolute atomic E-state index is 0.0154. The number of carbonyl (C=O) groups is 3. The highest BCUT2D eigenvalue weighted by Gasteiger charge is 2.20. The van der Waals surface area contributed by atoms with Gasteiger partial charge in [0.05, 0.1) is 10.5 Å². The average molecular weight is 404 g/mol. The van der Waals surface area contributed by atoms with Gasteiger partial charge in [-0.1, -0.05) is 6.07 Å². The van der Waals surface area contributed by atoms with E-state index >= 15 is 0 Å². The smallest absolute Gasteiger partial charge is 0.338 e. The van der Waals surface area contributed by atoms with Gasteiger partial charge < -0.3 is 15.4 Å². The maximum atomic E-state index is 12.2. The van der Waals surface area contributed by atoms with Gasteiger partial charge in [0.1, 0.15) is 0 Å². The molecule has 28 heavy (non-hydrogen) atoms. The van der Waals surface area contributed by atoms with Gasteiger partial charge in [-0.3, -0.25) is 9.59 Å². The van der Waals surface area contributed by atoms with Crippen molar-refractivity contribution < 1.29 is 27.5 Å². The second-order valence-corrected chi connectivity index (χ2v) is 8.11. The van der Waals surface area contributed by atoms with Gasteiger partial charge >= 0.3 is 5.97 Å². The van der Waals surface area contributed by atoms with Crippen LogP contribution in [0.5, 0.6) is 0 Å². The lowest BCUT2D eigenvalue weighted by molar-refractivity contribution is -0.123. The highest BCUT2D eigenvalue weighted by Crippen LogP contribution is 2.15. The van der Waals surface area contributed by atoms with Crippen LogP contribution < -0.4 is 10.6 Å². The summed E-state index contributed by atoms with van der Waals surface area (Å²) in [6.07, 6.45) is -0.0746. The monoisotopic (exact) mass is 404 g/mol. The van der Waals surface area contributed by atoms with Gasteiger partial charge in [-0.2, -0.15) is 0 Å². The standard InChI is InChI=1S/C19H20N2O6S/c1-12(18(23)21-16-9-7-15(8-10-16)20-13(2)22)27-19(24)14-5-4-6-17(11-14)28(3,25)26/h4-12H,1-3H3,(H,20,22)(H,21,23)/t12-/m1/s1. The number of esters is 1. The highest BCUT2D eigenvalue weighted by molar-refractivity contribution is 7.90. The first-order valence-electron chi connectivity index (χ1n) is 8.26. The molecule has 2 N–H and O–H groups in total. The second-order valence-electron chi connectivity index (χ2n) is 6.10. The number of nitrogens with one attached hydrogen (secondary N) is 2. The van der Waals surface area contributed by atoms with Gasteiger partial charge in [0.15, 0.2) is 15.9 Å². The molecule has 0 saturated heterocycles. The minimum atomic E-state index is -3.47. The van der Waals surface area contributed by atoms with Crippen LogP contribution in [0.1, 0.15) is 24.2 Å². The van der Waals surface area contributed by atoms with Crippen LogP contribution in [-0.2, 0) is 24.2 Å². The van der Waals surface area contributed by atoms with Crippen LogP contribution in [0, 0.1) is 0 Å². The topological polar surface area (TPSA) is 119 Å². The molecule has 8 nitrogen and oxygen atoms in total. The summed E-state index contributed by atoms with van der Waals surface area (Å²) in [5, 5.41) is 5.19. The van der Waals surface area contributed by atoms with Gasteiger partial charge in [0.2, 0.25) is 5.91 Å². The van der Waals surface area contributed by atoms with Crippen LogP contribution in [0.4, 0.5) is 11.4 Å². The molecule has 0 saturated carbocycles. The normalized spacial score (nSPS) is 12.0. The maximum absolute atomic E-state index is 12.2. The lowest BCUT2D eigenvalue weighted by Crippen LogP contribution is -2.30. The Labute approximate surface area is 162 Å². The number of hydrogen-bond donors (Lipinski definition) is 2. The third kappa shape index (κ3) is 5.92. The number of benzene rings is 2. The lowest BCUT2D eigenvalue weighted by Gasteiger charge is -2.14. The molecular formula is C19H20N2O6S. The van der Waals surface area contributed by atoms with E-state index in [1.54, 1.807) is 24.3 Å². The molecular weight excluding hydrogens is 384 g/mol. The molecule has 0 aliphatic heterocycles. The van der Waals surface area contributed by atoms with E-state index in [1.807, 2.05) is 0 Å². The Hall–Kier alpha value is -3.20. The third-order valence-corrected chi connectivity index (χ3v) is 4.73. The zero-order valence-corrected chi connectivity index (χ0v) is 16.4. The number of hydrogen-bond acceptors (Lipinski definition) is 6. The van der Waals surface area contributed by atoms with Crippen molar-refractivity contribution in [2.24, 2.45) is 0 Å². The van der Waals surface area contributed by atoms with Crippen LogP contribution in [0.2, 0.25) is 0 Å². The molecule has 0 aliphatic rings. The first-order valence-corrected chi connectivity index (χ1v) is 10.1. The highest BCUT2D eigenvalue weighted by atomic mass is 32.2. The average Bonchev–Trinajstić information content (AvgIpc) is 2.62. The van der Waals surface area contributed by atoms with Crippen molar-refractivity contribution in [2.45, 2.75) is 24.8 Å². The second kappa shape index (κ2) is 8.66. The predicted molar refractivity (Wildman–Crippen MR) is 104 cm³/mol. The van der Waals surface area contributed by atoms with Crippen LogP contribution >= 0.6 is 0 Å². The number of sulfone groups is 1. The molecule has 0 spiro atoms. The predicted octanol–water partition coefficient (Wildman–Crippen LogP) is 2.23. The quantitative estimate of drug-likeness (QED) is 0.713. The van der Waals surface area contributed by atoms with Gasteiger partial charge in [-0.15, -0.1) is 0 Å². The number of ether oxygens (including phenoxy) is 1. The summed E-state index contributed by atoms with van der Waals surface area (Å²) in [6, 6.07) is 11.8. The van der Waals surface area contributed by atoms with Gasteiger partial charge in [0, 0.05) is 24.6 Å². The molecule has 2 aromatic rings. The van der Waals surface area contributed by atoms with E-state index in [9.17, 15) is 22.8 Å². The number of rotatable bonds is 6. The zero-order valence-electron chi connectivity index (χ0n) is 15.6. The molecule has 148 valence electrons. The number of amides is 2. The first kappa shape index (κ1) is 21.1.